The lowest BCUT2D eigenvalue weighted by Crippen LogP contribution is -2.32. The summed E-state index contributed by atoms with van der Waals surface area (Å²) in [5, 5.41) is 8.37. The normalized spacial score (nSPS) is 16.8. The molecule has 0 saturated heterocycles. The highest BCUT2D eigenvalue weighted by Crippen LogP contribution is 2.30. The molecule has 3 N–H and O–H groups in total. The third-order valence-corrected chi connectivity index (χ3v) is 4.88. The number of ether oxygens (including phenoxy) is 1. The van der Waals surface area contributed by atoms with E-state index in [1.807, 2.05) is 0 Å². The van der Waals surface area contributed by atoms with Crippen molar-refractivity contribution in [3.8, 4) is 5.75 Å². The summed E-state index contributed by atoms with van der Waals surface area (Å²) in [6.45, 7) is 0.245. The minimum absolute atomic E-state index is 0.0580. The maximum Gasteiger partial charge on any atom is 0.238 e. The predicted octanol–water partition coefficient (Wildman–Crippen LogP) is 2.18. The average Bonchev–Trinajstić information content (AvgIpc) is 2.53. The Morgan fingerprint density at radius 3 is 2.79 bits per heavy atom. The molecule has 8 heteroatoms. The fourth-order valence-corrected chi connectivity index (χ4v) is 3.28. The summed E-state index contributed by atoms with van der Waals surface area (Å²) in [5.74, 6) is 0.0703. The quantitative estimate of drug-likeness (QED) is 0.869. The molecule has 0 spiro atoms. The van der Waals surface area contributed by atoms with E-state index in [1.165, 1.54) is 18.2 Å². The highest BCUT2D eigenvalue weighted by atomic mass is 35.5. The highest BCUT2D eigenvalue weighted by Gasteiger charge is 2.26. The molecular weight excluding hydrogens is 352 g/mol. The first-order valence-electron chi connectivity index (χ1n) is 7.18. The Morgan fingerprint density at radius 2 is 2.04 bits per heavy atom. The second-order valence-corrected chi connectivity index (χ2v) is 7.52. The number of amides is 1. The molecule has 2 aromatic carbocycles. The largest absolute Gasteiger partial charge is 0.492 e. The fourth-order valence-electron chi connectivity index (χ4n) is 2.53. The van der Waals surface area contributed by atoms with Crippen molar-refractivity contribution in [1.29, 1.82) is 0 Å². The molecule has 1 atom stereocenters. The third kappa shape index (κ3) is 3.69. The maximum absolute atomic E-state index is 12.4. The average molecular weight is 367 g/mol. The topological polar surface area (TPSA) is 98.5 Å². The number of carbonyl (C=O) groups is 1. The molecular formula is C16H15ClN2O4S. The monoisotopic (exact) mass is 366 g/mol. The summed E-state index contributed by atoms with van der Waals surface area (Å²) in [5.41, 5.74) is 1.23. The van der Waals surface area contributed by atoms with Crippen LogP contribution in [-0.2, 0) is 21.2 Å². The van der Waals surface area contributed by atoms with Gasteiger partial charge in [0.05, 0.1) is 10.8 Å². The van der Waals surface area contributed by atoms with Crippen LogP contribution in [0.2, 0.25) is 5.02 Å². The number of hydrogen-bond donors (Lipinski definition) is 2. The molecule has 1 amide bonds. The Morgan fingerprint density at radius 1 is 1.25 bits per heavy atom. The number of carbonyl (C=O) groups excluding carboxylic acids is 1. The summed E-state index contributed by atoms with van der Waals surface area (Å²) in [4.78, 5) is 12.4. The Hall–Kier alpha value is -2.09. The smallest absolute Gasteiger partial charge is 0.238 e. The first kappa shape index (κ1) is 16.8. The molecule has 0 aromatic heterocycles. The summed E-state index contributed by atoms with van der Waals surface area (Å²) in [6, 6.07) is 11.1. The van der Waals surface area contributed by atoms with Crippen molar-refractivity contribution in [3.63, 3.8) is 0 Å². The van der Waals surface area contributed by atoms with Gasteiger partial charge in [-0.05, 0) is 48.4 Å². The lowest BCUT2D eigenvalue weighted by atomic mass is 9.96. The first-order valence-corrected chi connectivity index (χ1v) is 9.10. The maximum atomic E-state index is 12.4. The Kier molecular flexibility index (Phi) is 4.49. The van der Waals surface area contributed by atoms with Gasteiger partial charge in [0.15, 0.2) is 0 Å². The number of fused-ring (bicyclic) bond motifs is 1. The molecule has 3 rings (SSSR count). The van der Waals surface area contributed by atoms with Crippen LogP contribution in [0.1, 0.15) is 5.56 Å². The van der Waals surface area contributed by atoms with E-state index < -0.39 is 15.9 Å². The number of anilines is 1. The first-order chi connectivity index (χ1) is 11.3. The predicted molar refractivity (Wildman–Crippen MR) is 90.6 cm³/mol. The number of sulfonamides is 1. The van der Waals surface area contributed by atoms with Gasteiger partial charge in [-0.2, -0.15) is 0 Å². The number of halogens is 1. The molecule has 126 valence electrons. The molecule has 24 heavy (non-hydrogen) atoms. The Bertz CT molecular complexity index is 899. The van der Waals surface area contributed by atoms with E-state index in [0.717, 1.165) is 11.3 Å². The van der Waals surface area contributed by atoms with Crippen LogP contribution in [0.5, 0.6) is 5.75 Å². The van der Waals surface area contributed by atoms with Crippen molar-refractivity contribution in [2.24, 2.45) is 11.1 Å². The molecule has 1 heterocycles. The number of primary sulfonamides is 1. The van der Waals surface area contributed by atoms with Crippen molar-refractivity contribution in [2.45, 2.75) is 11.3 Å². The van der Waals surface area contributed by atoms with Gasteiger partial charge in [-0.1, -0.05) is 17.7 Å². The zero-order valence-corrected chi connectivity index (χ0v) is 14.1. The lowest BCUT2D eigenvalue weighted by Gasteiger charge is -2.24. The van der Waals surface area contributed by atoms with Gasteiger partial charge in [-0.15, -0.1) is 0 Å². The minimum atomic E-state index is -3.82. The molecule has 0 fully saturated rings. The van der Waals surface area contributed by atoms with Gasteiger partial charge in [0, 0.05) is 10.7 Å². The van der Waals surface area contributed by atoms with Crippen LogP contribution in [0.4, 0.5) is 5.69 Å². The van der Waals surface area contributed by atoms with E-state index in [0.29, 0.717) is 17.1 Å². The van der Waals surface area contributed by atoms with E-state index in [4.69, 9.17) is 21.5 Å². The van der Waals surface area contributed by atoms with Crippen LogP contribution in [0.25, 0.3) is 0 Å². The summed E-state index contributed by atoms with van der Waals surface area (Å²) in [7, 11) is -3.82. The fraction of sp³-hybridized carbons (Fsp3) is 0.188. The molecule has 2 aromatic rings. The van der Waals surface area contributed by atoms with Gasteiger partial charge in [-0.3, -0.25) is 4.79 Å². The van der Waals surface area contributed by atoms with Crippen molar-refractivity contribution >= 4 is 33.2 Å². The van der Waals surface area contributed by atoms with Crippen LogP contribution >= 0.6 is 11.6 Å². The van der Waals surface area contributed by atoms with E-state index in [1.54, 1.807) is 24.3 Å². The van der Waals surface area contributed by atoms with Gasteiger partial charge in [0.1, 0.15) is 12.4 Å². The van der Waals surface area contributed by atoms with Gasteiger partial charge < -0.3 is 10.1 Å². The zero-order valence-electron chi connectivity index (χ0n) is 12.5. The van der Waals surface area contributed by atoms with Crippen LogP contribution in [0.15, 0.2) is 47.4 Å². The van der Waals surface area contributed by atoms with E-state index >= 15 is 0 Å². The Labute approximate surface area is 144 Å². The second kappa shape index (κ2) is 6.43. The van der Waals surface area contributed by atoms with E-state index in [9.17, 15) is 13.2 Å². The summed E-state index contributed by atoms with van der Waals surface area (Å²) >= 11 is 5.97. The second-order valence-electron chi connectivity index (χ2n) is 5.53. The highest BCUT2D eigenvalue weighted by molar-refractivity contribution is 7.89. The lowest BCUT2D eigenvalue weighted by molar-refractivity contribution is -0.121. The van der Waals surface area contributed by atoms with Crippen molar-refractivity contribution in [1.82, 2.24) is 0 Å². The van der Waals surface area contributed by atoms with Crippen molar-refractivity contribution < 1.29 is 17.9 Å². The van der Waals surface area contributed by atoms with Crippen LogP contribution in [0, 0.1) is 5.92 Å². The zero-order chi connectivity index (χ0) is 17.3. The van der Waals surface area contributed by atoms with Crippen LogP contribution < -0.4 is 15.2 Å². The molecule has 0 radical (unpaired) electrons. The standard InChI is InChI=1S/C16H15ClN2O4S/c17-12-4-5-15-10(7-12)6-11(9-23-15)16(20)19-13-2-1-3-14(8-13)24(18,21)22/h1-5,7-8,11H,6,9H2,(H,19,20)(H2,18,21,22)/t11-/m1/s1. The van der Waals surface area contributed by atoms with Crippen molar-refractivity contribution in [3.05, 3.63) is 53.1 Å². The number of benzene rings is 2. The number of rotatable bonds is 3. The van der Waals surface area contributed by atoms with Gasteiger partial charge in [-0.25, -0.2) is 13.6 Å². The molecule has 0 saturated carbocycles. The van der Waals surface area contributed by atoms with Crippen LogP contribution in [0.3, 0.4) is 0 Å². The number of hydrogen-bond acceptors (Lipinski definition) is 4. The molecule has 0 bridgehead atoms. The Balaban J connectivity index is 1.74. The van der Waals surface area contributed by atoms with E-state index in [2.05, 4.69) is 5.32 Å². The summed E-state index contributed by atoms with van der Waals surface area (Å²) < 4.78 is 28.3. The minimum Gasteiger partial charge on any atom is -0.492 e. The summed E-state index contributed by atoms with van der Waals surface area (Å²) in [6.07, 6.45) is 0.497. The number of nitrogens with two attached hydrogens (primary N) is 1. The molecule has 0 unspecified atom stereocenters. The van der Waals surface area contributed by atoms with Crippen molar-refractivity contribution in [2.75, 3.05) is 11.9 Å². The van der Waals surface area contributed by atoms with Crippen LogP contribution in [-0.4, -0.2) is 20.9 Å². The molecule has 1 aliphatic rings. The molecule has 1 aliphatic heterocycles. The van der Waals surface area contributed by atoms with E-state index in [-0.39, 0.29) is 17.4 Å². The van der Waals surface area contributed by atoms with Gasteiger partial charge in [0.2, 0.25) is 15.9 Å². The third-order valence-electron chi connectivity index (χ3n) is 3.73. The van der Waals surface area contributed by atoms with Gasteiger partial charge >= 0.3 is 0 Å². The number of nitrogens with one attached hydrogen (secondary N) is 1. The molecule has 6 nitrogen and oxygen atoms in total. The van der Waals surface area contributed by atoms with Gasteiger partial charge in [0.25, 0.3) is 0 Å². The SMILES string of the molecule is NS(=O)(=O)c1cccc(NC(=O)[C@H]2COc3ccc(Cl)cc3C2)c1. The molecule has 0 aliphatic carbocycles.